The number of nitrogens with one attached hydrogen (secondary N) is 1. The molecule has 2 aromatic rings. The van der Waals surface area contributed by atoms with Gasteiger partial charge in [-0.15, -0.1) is 0 Å². The first-order chi connectivity index (χ1) is 8.85. The summed E-state index contributed by atoms with van der Waals surface area (Å²) in [5.74, 6) is 0. The van der Waals surface area contributed by atoms with E-state index >= 15 is 0 Å². The molecule has 2 nitrogen and oxygen atoms in total. The van der Waals surface area contributed by atoms with Gasteiger partial charge in [0.1, 0.15) is 0 Å². The lowest BCUT2D eigenvalue weighted by atomic mass is 10.1. The van der Waals surface area contributed by atoms with Gasteiger partial charge in [-0.05, 0) is 43.4 Å². The summed E-state index contributed by atoms with van der Waals surface area (Å²) in [6.07, 6.45) is 4.78. The molecular weight excluding hydrogens is 240 g/mol. The minimum absolute atomic E-state index is 0.596. The average Bonchev–Trinajstić information content (AvgIpc) is 2.80. The fourth-order valence-electron chi connectivity index (χ4n) is 2.29. The van der Waals surface area contributed by atoms with Crippen molar-refractivity contribution in [2.45, 2.75) is 45.6 Å². The van der Waals surface area contributed by atoms with Crippen molar-refractivity contribution in [3.05, 3.63) is 29.1 Å². The lowest BCUT2D eigenvalue weighted by Gasteiger charge is -2.16. The molecule has 0 aliphatic carbocycles. The van der Waals surface area contributed by atoms with Crippen LogP contribution in [0.2, 0.25) is 0 Å². The Labute approximate surface area is 114 Å². The summed E-state index contributed by atoms with van der Waals surface area (Å²) in [5, 5.41) is 4.99. The highest BCUT2D eigenvalue weighted by Gasteiger charge is 2.12. The van der Waals surface area contributed by atoms with Gasteiger partial charge in [0.05, 0.1) is 5.52 Å². The summed E-state index contributed by atoms with van der Waals surface area (Å²) in [6.45, 7) is 5.59. The predicted octanol–water partition coefficient (Wildman–Crippen LogP) is 4.01. The zero-order chi connectivity index (χ0) is 12.8. The number of hydrogen-bond acceptors (Lipinski definition) is 3. The highest BCUT2D eigenvalue weighted by atomic mass is 32.1. The van der Waals surface area contributed by atoms with E-state index in [4.69, 9.17) is 0 Å². The van der Waals surface area contributed by atoms with Crippen molar-refractivity contribution in [1.29, 1.82) is 0 Å². The molecule has 98 valence electrons. The van der Waals surface area contributed by atoms with Crippen LogP contribution in [-0.2, 0) is 6.42 Å². The normalized spacial score (nSPS) is 13.0. The summed E-state index contributed by atoms with van der Waals surface area (Å²) in [7, 11) is 0. The van der Waals surface area contributed by atoms with Crippen molar-refractivity contribution < 1.29 is 0 Å². The predicted molar refractivity (Wildman–Crippen MR) is 80.3 cm³/mol. The van der Waals surface area contributed by atoms with E-state index in [-0.39, 0.29) is 0 Å². The van der Waals surface area contributed by atoms with E-state index in [1.807, 2.05) is 0 Å². The maximum atomic E-state index is 4.53. The Balaban J connectivity index is 2.10. The van der Waals surface area contributed by atoms with Crippen molar-refractivity contribution in [3.63, 3.8) is 0 Å². The Bertz CT molecular complexity index is 478. The van der Waals surface area contributed by atoms with Gasteiger partial charge >= 0.3 is 0 Å². The van der Waals surface area contributed by atoms with Gasteiger partial charge in [-0.2, -0.15) is 4.37 Å². The van der Waals surface area contributed by atoms with E-state index in [9.17, 15) is 0 Å². The second-order valence-corrected chi connectivity index (χ2v) is 5.62. The Morgan fingerprint density at radius 3 is 2.83 bits per heavy atom. The van der Waals surface area contributed by atoms with Crippen LogP contribution in [0.15, 0.2) is 24.3 Å². The fourth-order valence-corrected chi connectivity index (χ4v) is 3.20. The van der Waals surface area contributed by atoms with E-state index in [1.54, 1.807) is 11.5 Å². The molecule has 0 aliphatic heterocycles. The summed E-state index contributed by atoms with van der Waals surface area (Å²) >= 11 is 1.66. The topological polar surface area (TPSA) is 24.9 Å². The van der Waals surface area contributed by atoms with E-state index in [1.165, 1.54) is 29.5 Å². The molecule has 2 rings (SSSR count). The highest BCUT2D eigenvalue weighted by molar-refractivity contribution is 7.07. The molecule has 1 N–H and O–H groups in total. The van der Waals surface area contributed by atoms with Gasteiger partial charge in [-0.1, -0.05) is 38.5 Å². The zero-order valence-electron chi connectivity index (χ0n) is 11.3. The number of benzene rings is 1. The average molecular weight is 262 g/mol. The Kier molecular flexibility index (Phi) is 5.14. The van der Waals surface area contributed by atoms with Gasteiger partial charge in [0, 0.05) is 16.3 Å². The molecule has 18 heavy (non-hydrogen) atoms. The fraction of sp³-hybridized carbons (Fsp3) is 0.533. The molecular formula is C15H22N2S. The first-order valence-corrected chi connectivity index (χ1v) is 7.69. The van der Waals surface area contributed by atoms with E-state index in [0.29, 0.717) is 6.04 Å². The number of fused-ring (bicyclic) bond motifs is 1. The standard InChI is InChI=1S/C15H22N2S/c1-3-7-12(16-10-4-2)11-15-13-8-5-6-9-14(13)17-18-15/h5-6,8-9,12,16H,3-4,7,10-11H2,1-2H3. The maximum Gasteiger partial charge on any atom is 0.0843 e. The second kappa shape index (κ2) is 6.86. The largest absolute Gasteiger partial charge is 0.314 e. The van der Waals surface area contributed by atoms with Crippen molar-refractivity contribution in [2.75, 3.05) is 6.54 Å². The molecule has 0 bridgehead atoms. The number of rotatable bonds is 7. The molecule has 3 heteroatoms. The summed E-state index contributed by atoms with van der Waals surface area (Å²) < 4.78 is 4.53. The van der Waals surface area contributed by atoms with Crippen LogP contribution in [0.3, 0.4) is 0 Å². The van der Waals surface area contributed by atoms with E-state index in [0.717, 1.165) is 18.5 Å². The highest BCUT2D eigenvalue weighted by Crippen LogP contribution is 2.24. The van der Waals surface area contributed by atoms with Crippen molar-refractivity contribution >= 4 is 22.4 Å². The third-order valence-corrected chi connectivity index (χ3v) is 4.11. The smallest absolute Gasteiger partial charge is 0.0843 e. The first kappa shape index (κ1) is 13.5. The Morgan fingerprint density at radius 2 is 2.06 bits per heavy atom. The molecule has 0 saturated carbocycles. The SMILES string of the molecule is CCCNC(CCC)Cc1snc2ccccc12. The van der Waals surface area contributed by atoms with Gasteiger partial charge in [-0.25, -0.2) is 0 Å². The molecule has 0 spiro atoms. The molecule has 1 heterocycles. The van der Waals surface area contributed by atoms with Crippen molar-refractivity contribution in [1.82, 2.24) is 9.69 Å². The van der Waals surface area contributed by atoms with Crippen LogP contribution in [0.5, 0.6) is 0 Å². The van der Waals surface area contributed by atoms with Gasteiger partial charge < -0.3 is 5.32 Å². The van der Waals surface area contributed by atoms with Crippen LogP contribution in [-0.4, -0.2) is 17.0 Å². The summed E-state index contributed by atoms with van der Waals surface area (Å²) in [6, 6.07) is 9.05. The molecule has 1 unspecified atom stereocenters. The molecule has 0 radical (unpaired) electrons. The van der Waals surface area contributed by atoms with E-state index < -0.39 is 0 Å². The summed E-state index contributed by atoms with van der Waals surface area (Å²) in [4.78, 5) is 1.42. The minimum atomic E-state index is 0.596. The molecule has 0 amide bonds. The van der Waals surface area contributed by atoms with Gasteiger partial charge in [-0.3, -0.25) is 0 Å². The molecule has 1 atom stereocenters. The quantitative estimate of drug-likeness (QED) is 0.815. The Morgan fingerprint density at radius 1 is 1.22 bits per heavy atom. The van der Waals surface area contributed by atoms with Crippen molar-refractivity contribution in [2.24, 2.45) is 0 Å². The van der Waals surface area contributed by atoms with Gasteiger partial charge in [0.2, 0.25) is 0 Å². The first-order valence-electron chi connectivity index (χ1n) is 6.91. The Hall–Kier alpha value is -0.930. The van der Waals surface area contributed by atoms with E-state index in [2.05, 4.69) is 47.8 Å². The van der Waals surface area contributed by atoms with Crippen LogP contribution in [0.25, 0.3) is 10.9 Å². The second-order valence-electron chi connectivity index (χ2n) is 4.77. The molecule has 0 fully saturated rings. The van der Waals surface area contributed by atoms with Crippen LogP contribution >= 0.6 is 11.5 Å². The number of aromatic nitrogens is 1. The molecule has 0 aliphatic rings. The monoisotopic (exact) mass is 262 g/mol. The van der Waals surface area contributed by atoms with Gasteiger partial charge in [0.15, 0.2) is 0 Å². The van der Waals surface area contributed by atoms with Crippen LogP contribution in [0.4, 0.5) is 0 Å². The summed E-state index contributed by atoms with van der Waals surface area (Å²) in [5.41, 5.74) is 1.14. The third kappa shape index (κ3) is 3.30. The molecule has 1 aromatic carbocycles. The van der Waals surface area contributed by atoms with Crippen LogP contribution < -0.4 is 5.32 Å². The zero-order valence-corrected chi connectivity index (χ0v) is 12.1. The molecule has 0 saturated heterocycles. The maximum absolute atomic E-state index is 4.53. The van der Waals surface area contributed by atoms with Gasteiger partial charge in [0.25, 0.3) is 0 Å². The van der Waals surface area contributed by atoms with Crippen molar-refractivity contribution in [3.8, 4) is 0 Å². The van der Waals surface area contributed by atoms with Crippen LogP contribution in [0.1, 0.15) is 38.0 Å². The third-order valence-electron chi connectivity index (χ3n) is 3.21. The number of hydrogen-bond donors (Lipinski definition) is 1. The lowest BCUT2D eigenvalue weighted by molar-refractivity contribution is 0.476. The minimum Gasteiger partial charge on any atom is -0.314 e. The molecule has 1 aromatic heterocycles. The lowest BCUT2D eigenvalue weighted by Crippen LogP contribution is -2.31. The number of nitrogens with zero attached hydrogens (tertiary/aromatic N) is 1. The van der Waals surface area contributed by atoms with Crippen LogP contribution in [0, 0.1) is 0 Å².